The lowest BCUT2D eigenvalue weighted by Crippen LogP contribution is -2.26. The van der Waals surface area contributed by atoms with E-state index in [1.54, 1.807) is 0 Å². The molecule has 0 aliphatic heterocycles. The molecule has 0 heterocycles. The Morgan fingerprint density at radius 2 is 2.12 bits per heavy atom. The highest BCUT2D eigenvalue weighted by Crippen LogP contribution is 2.20. The van der Waals surface area contributed by atoms with Crippen molar-refractivity contribution in [3.8, 4) is 0 Å². The van der Waals surface area contributed by atoms with Crippen LogP contribution in [0.15, 0.2) is 16.6 Å². The molecule has 2 N–H and O–H groups in total. The molecule has 0 spiro atoms. The van der Waals surface area contributed by atoms with Gasteiger partial charge in [-0.15, -0.1) is 0 Å². The summed E-state index contributed by atoms with van der Waals surface area (Å²) in [5.41, 5.74) is 2.76. The Morgan fingerprint density at radius 1 is 1.44 bits per heavy atom. The number of nitrogens with one attached hydrogen (secondary N) is 1. The van der Waals surface area contributed by atoms with Crippen molar-refractivity contribution < 1.29 is 9.90 Å². The minimum atomic E-state index is -0.0876. The Hall–Kier alpha value is -0.870. The molecule has 0 unspecified atom stereocenters. The molecule has 0 bridgehead atoms. The van der Waals surface area contributed by atoms with Gasteiger partial charge in [0.2, 0.25) is 0 Å². The summed E-state index contributed by atoms with van der Waals surface area (Å²) in [4.78, 5) is 11.8. The summed E-state index contributed by atoms with van der Waals surface area (Å²) in [6, 6.07) is 3.80. The molecule has 0 radical (unpaired) electrons. The van der Waals surface area contributed by atoms with Crippen molar-refractivity contribution in [3.63, 3.8) is 0 Å². The van der Waals surface area contributed by atoms with E-state index in [0.29, 0.717) is 18.5 Å². The number of aryl methyl sites for hydroxylation is 1. The van der Waals surface area contributed by atoms with Crippen LogP contribution in [0.2, 0.25) is 0 Å². The molecule has 1 aromatic carbocycles. The first-order valence-electron chi connectivity index (χ1n) is 5.22. The average Bonchev–Trinajstić information content (AvgIpc) is 2.23. The summed E-state index contributed by atoms with van der Waals surface area (Å²) in [6.45, 7) is 4.50. The molecular weight excluding hydrogens is 270 g/mol. The van der Waals surface area contributed by atoms with E-state index in [-0.39, 0.29) is 12.5 Å². The van der Waals surface area contributed by atoms with Crippen LogP contribution in [0.5, 0.6) is 0 Å². The van der Waals surface area contributed by atoms with Crippen LogP contribution in [0.25, 0.3) is 0 Å². The van der Waals surface area contributed by atoms with E-state index in [2.05, 4.69) is 21.2 Å². The standard InChI is InChI=1S/C12H16BrNO2/c1-8-6-10(13)7-11(9(8)2)12(16)14-4-3-5-15/h6-7,15H,3-5H2,1-2H3,(H,14,16). The summed E-state index contributed by atoms with van der Waals surface area (Å²) in [6.07, 6.45) is 0.581. The highest BCUT2D eigenvalue weighted by molar-refractivity contribution is 9.10. The highest BCUT2D eigenvalue weighted by atomic mass is 79.9. The molecule has 1 rings (SSSR count). The zero-order valence-corrected chi connectivity index (χ0v) is 11.1. The fraction of sp³-hybridized carbons (Fsp3) is 0.417. The Balaban J connectivity index is 2.82. The SMILES string of the molecule is Cc1cc(Br)cc(C(=O)NCCCO)c1C. The average molecular weight is 286 g/mol. The molecule has 88 valence electrons. The van der Waals surface area contributed by atoms with Gasteiger partial charge in [0, 0.05) is 23.2 Å². The molecule has 0 aromatic heterocycles. The smallest absolute Gasteiger partial charge is 0.251 e. The van der Waals surface area contributed by atoms with Crippen LogP contribution in [0.1, 0.15) is 27.9 Å². The first kappa shape index (κ1) is 13.2. The van der Waals surface area contributed by atoms with Gasteiger partial charge >= 0.3 is 0 Å². The van der Waals surface area contributed by atoms with Crippen LogP contribution in [-0.2, 0) is 0 Å². The molecule has 3 nitrogen and oxygen atoms in total. The maximum atomic E-state index is 11.8. The number of rotatable bonds is 4. The van der Waals surface area contributed by atoms with E-state index in [1.807, 2.05) is 26.0 Å². The number of carbonyl (C=O) groups excluding carboxylic acids is 1. The van der Waals surface area contributed by atoms with Crippen molar-refractivity contribution in [2.75, 3.05) is 13.2 Å². The predicted octanol–water partition coefficient (Wildman–Crippen LogP) is 2.18. The van der Waals surface area contributed by atoms with Crippen LogP contribution < -0.4 is 5.32 Å². The van der Waals surface area contributed by atoms with Crippen molar-refractivity contribution in [2.24, 2.45) is 0 Å². The largest absolute Gasteiger partial charge is 0.396 e. The van der Waals surface area contributed by atoms with Crippen LogP contribution >= 0.6 is 15.9 Å². The van der Waals surface area contributed by atoms with Gasteiger partial charge in [0.05, 0.1) is 0 Å². The molecule has 0 saturated carbocycles. The van der Waals surface area contributed by atoms with Crippen LogP contribution in [0, 0.1) is 13.8 Å². The predicted molar refractivity (Wildman–Crippen MR) is 67.7 cm³/mol. The number of benzene rings is 1. The Kier molecular flexibility index (Phi) is 4.96. The summed E-state index contributed by atoms with van der Waals surface area (Å²) in [5, 5.41) is 11.4. The third-order valence-electron chi connectivity index (χ3n) is 2.50. The Labute approximate surface area is 104 Å². The number of aliphatic hydroxyl groups is 1. The van der Waals surface area contributed by atoms with E-state index in [0.717, 1.165) is 15.6 Å². The molecule has 16 heavy (non-hydrogen) atoms. The lowest BCUT2D eigenvalue weighted by Gasteiger charge is -2.10. The zero-order valence-electron chi connectivity index (χ0n) is 9.51. The number of halogens is 1. The van der Waals surface area contributed by atoms with Crippen molar-refractivity contribution in [3.05, 3.63) is 33.3 Å². The maximum absolute atomic E-state index is 11.8. The zero-order chi connectivity index (χ0) is 12.1. The van der Waals surface area contributed by atoms with Gasteiger partial charge in [0.25, 0.3) is 5.91 Å². The molecule has 0 aliphatic rings. The lowest BCUT2D eigenvalue weighted by molar-refractivity contribution is 0.0950. The van der Waals surface area contributed by atoms with Crippen molar-refractivity contribution in [2.45, 2.75) is 20.3 Å². The molecule has 0 fully saturated rings. The van der Waals surface area contributed by atoms with Crippen LogP contribution in [-0.4, -0.2) is 24.2 Å². The Bertz CT molecular complexity index is 391. The van der Waals surface area contributed by atoms with Gasteiger partial charge in [0.15, 0.2) is 0 Å². The minimum Gasteiger partial charge on any atom is -0.396 e. The van der Waals surface area contributed by atoms with Crippen LogP contribution in [0.4, 0.5) is 0 Å². The van der Waals surface area contributed by atoms with E-state index in [1.165, 1.54) is 0 Å². The fourth-order valence-corrected chi connectivity index (χ4v) is 2.00. The van der Waals surface area contributed by atoms with Gasteiger partial charge in [-0.3, -0.25) is 4.79 Å². The molecule has 4 heteroatoms. The second-order valence-electron chi connectivity index (χ2n) is 3.73. The van der Waals surface area contributed by atoms with E-state index >= 15 is 0 Å². The molecule has 0 aliphatic carbocycles. The van der Waals surface area contributed by atoms with Gasteiger partial charge in [0.1, 0.15) is 0 Å². The lowest BCUT2D eigenvalue weighted by atomic mass is 10.0. The van der Waals surface area contributed by atoms with Gasteiger partial charge in [-0.25, -0.2) is 0 Å². The third kappa shape index (κ3) is 3.32. The minimum absolute atomic E-state index is 0.0876. The number of aliphatic hydroxyl groups excluding tert-OH is 1. The van der Waals surface area contributed by atoms with E-state index in [9.17, 15) is 4.79 Å². The molecule has 0 atom stereocenters. The molecule has 0 saturated heterocycles. The van der Waals surface area contributed by atoms with Gasteiger partial charge < -0.3 is 10.4 Å². The monoisotopic (exact) mass is 285 g/mol. The first-order chi connectivity index (χ1) is 7.56. The number of hydrogen-bond donors (Lipinski definition) is 2. The second kappa shape index (κ2) is 6.01. The first-order valence-corrected chi connectivity index (χ1v) is 6.01. The summed E-state index contributed by atoms with van der Waals surface area (Å²) in [7, 11) is 0. The van der Waals surface area contributed by atoms with Gasteiger partial charge in [-0.05, 0) is 43.5 Å². The number of hydrogen-bond acceptors (Lipinski definition) is 2. The molecular formula is C12H16BrNO2. The maximum Gasteiger partial charge on any atom is 0.251 e. The topological polar surface area (TPSA) is 49.3 Å². The third-order valence-corrected chi connectivity index (χ3v) is 2.96. The highest BCUT2D eigenvalue weighted by Gasteiger charge is 2.10. The van der Waals surface area contributed by atoms with Crippen LogP contribution in [0.3, 0.4) is 0 Å². The Morgan fingerprint density at radius 3 is 2.75 bits per heavy atom. The van der Waals surface area contributed by atoms with Gasteiger partial charge in [-0.1, -0.05) is 15.9 Å². The number of carbonyl (C=O) groups is 1. The quantitative estimate of drug-likeness (QED) is 0.833. The van der Waals surface area contributed by atoms with Crippen molar-refractivity contribution >= 4 is 21.8 Å². The fourth-order valence-electron chi connectivity index (χ4n) is 1.43. The van der Waals surface area contributed by atoms with E-state index in [4.69, 9.17) is 5.11 Å². The molecule has 1 amide bonds. The van der Waals surface area contributed by atoms with Gasteiger partial charge in [-0.2, -0.15) is 0 Å². The normalized spacial score (nSPS) is 10.2. The van der Waals surface area contributed by atoms with Crippen molar-refractivity contribution in [1.82, 2.24) is 5.32 Å². The summed E-state index contributed by atoms with van der Waals surface area (Å²) in [5.74, 6) is -0.0876. The van der Waals surface area contributed by atoms with E-state index < -0.39 is 0 Å². The summed E-state index contributed by atoms with van der Waals surface area (Å²) < 4.78 is 0.905. The van der Waals surface area contributed by atoms with Crippen molar-refractivity contribution in [1.29, 1.82) is 0 Å². The second-order valence-corrected chi connectivity index (χ2v) is 4.64. The molecule has 1 aromatic rings. The number of amides is 1. The summed E-state index contributed by atoms with van der Waals surface area (Å²) >= 11 is 3.38.